The SMILES string of the molecule is COc1cc(CSc2nncn2C)c(OC)cc1Br. The highest BCUT2D eigenvalue weighted by Gasteiger charge is 2.11. The predicted octanol–water partition coefficient (Wildman–Crippen LogP) is 2.89. The van der Waals surface area contributed by atoms with Crippen LogP contribution in [0.15, 0.2) is 28.1 Å². The minimum atomic E-state index is 0.735. The summed E-state index contributed by atoms with van der Waals surface area (Å²) in [6.07, 6.45) is 1.68. The van der Waals surface area contributed by atoms with Gasteiger partial charge in [-0.2, -0.15) is 0 Å². The summed E-state index contributed by atoms with van der Waals surface area (Å²) in [6, 6.07) is 3.87. The Morgan fingerprint density at radius 3 is 2.58 bits per heavy atom. The van der Waals surface area contributed by atoms with Gasteiger partial charge in [0.25, 0.3) is 0 Å². The van der Waals surface area contributed by atoms with Crippen molar-refractivity contribution < 1.29 is 9.47 Å². The third-order valence-electron chi connectivity index (χ3n) is 2.58. The minimum Gasteiger partial charge on any atom is -0.496 e. The van der Waals surface area contributed by atoms with Crippen molar-refractivity contribution in [1.29, 1.82) is 0 Å². The number of hydrogen-bond donors (Lipinski definition) is 0. The van der Waals surface area contributed by atoms with Crippen molar-refractivity contribution >= 4 is 27.7 Å². The number of ether oxygens (including phenoxy) is 2. The first-order valence-corrected chi connectivity index (χ1v) is 7.30. The van der Waals surface area contributed by atoms with Gasteiger partial charge < -0.3 is 14.0 Å². The van der Waals surface area contributed by atoms with Gasteiger partial charge in [0.05, 0.1) is 18.7 Å². The fraction of sp³-hybridized carbons (Fsp3) is 0.333. The van der Waals surface area contributed by atoms with Crippen molar-refractivity contribution in [3.05, 3.63) is 28.5 Å². The number of thioether (sulfide) groups is 1. The molecule has 19 heavy (non-hydrogen) atoms. The monoisotopic (exact) mass is 343 g/mol. The first kappa shape index (κ1) is 14.2. The van der Waals surface area contributed by atoms with Gasteiger partial charge in [-0.25, -0.2) is 0 Å². The summed E-state index contributed by atoms with van der Waals surface area (Å²) in [5, 5.41) is 8.76. The van der Waals surface area contributed by atoms with Gasteiger partial charge >= 0.3 is 0 Å². The highest BCUT2D eigenvalue weighted by molar-refractivity contribution is 9.10. The molecule has 0 fully saturated rings. The molecule has 0 saturated carbocycles. The Hall–Kier alpha value is -1.21. The van der Waals surface area contributed by atoms with Crippen LogP contribution in [0.25, 0.3) is 0 Å². The smallest absolute Gasteiger partial charge is 0.191 e. The number of hydrogen-bond acceptors (Lipinski definition) is 5. The summed E-state index contributed by atoms with van der Waals surface area (Å²) >= 11 is 5.05. The van der Waals surface area contributed by atoms with E-state index in [9.17, 15) is 0 Å². The molecule has 0 atom stereocenters. The summed E-state index contributed by atoms with van der Waals surface area (Å²) in [5.41, 5.74) is 1.05. The Balaban J connectivity index is 2.21. The van der Waals surface area contributed by atoms with E-state index in [0.29, 0.717) is 0 Å². The molecule has 0 bridgehead atoms. The van der Waals surface area contributed by atoms with Crippen molar-refractivity contribution in [3.8, 4) is 11.5 Å². The largest absolute Gasteiger partial charge is 0.496 e. The van der Waals surface area contributed by atoms with Crippen LogP contribution < -0.4 is 9.47 Å². The third kappa shape index (κ3) is 3.22. The average Bonchev–Trinajstić information content (AvgIpc) is 2.82. The van der Waals surface area contributed by atoms with Crippen LogP contribution in [0.2, 0.25) is 0 Å². The molecule has 0 aliphatic rings. The van der Waals surface area contributed by atoms with E-state index in [-0.39, 0.29) is 0 Å². The molecule has 102 valence electrons. The predicted molar refractivity (Wildman–Crippen MR) is 77.8 cm³/mol. The van der Waals surface area contributed by atoms with Crippen molar-refractivity contribution in [1.82, 2.24) is 14.8 Å². The van der Waals surface area contributed by atoms with Gasteiger partial charge in [0, 0.05) is 18.4 Å². The Morgan fingerprint density at radius 1 is 1.26 bits per heavy atom. The summed E-state index contributed by atoms with van der Waals surface area (Å²) in [6.45, 7) is 0. The lowest BCUT2D eigenvalue weighted by Gasteiger charge is -2.11. The highest BCUT2D eigenvalue weighted by Crippen LogP contribution is 2.35. The maximum Gasteiger partial charge on any atom is 0.191 e. The zero-order valence-corrected chi connectivity index (χ0v) is 13.3. The molecule has 2 aromatic rings. The summed E-state index contributed by atoms with van der Waals surface area (Å²) in [5.74, 6) is 2.34. The van der Waals surface area contributed by atoms with Crippen molar-refractivity contribution in [2.45, 2.75) is 10.9 Å². The lowest BCUT2D eigenvalue weighted by atomic mass is 10.2. The molecule has 0 radical (unpaired) electrons. The van der Waals surface area contributed by atoms with E-state index in [1.807, 2.05) is 23.7 Å². The summed E-state index contributed by atoms with van der Waals surface area (Å²) in [4.78, 5) is 0. The lowest BCUT2D eigenvalue weighted by Crippen LogP contribution is -1.95. The number of nitrogens with zero attached hydrogens (tertiary/aromatic N) is 3. The van der Waals surface area contributed by atoms with E-state index in [4.69, 9.17) is 9.47 Å². The van der Waals surface area contributed by atoms with Crippen LogP contribution in [0.1, 0.15) is 5.56 Å². The fourth-order valence-electron chi connectivity index (χ4n) is 1.58. The van der Waals surface area contributed by atoms with Gasteiger partial charge in [0.1, 0.15) is 17.8 Å². The van der Waals surface area contributed by atoms with Gasteiger partial charge in [-0.3, -0.25) is 0 Å². The van der Waals surface area contributed by atoms with Crippen molar-refractivity contribution in [2.75, 3.05) is 14.2 Å². The van der Waals surface area contributed by atoms with Crippen LogP contribution in [0.5, 0.6) is 11.5 Å². The second-order valence-electron chi connectivity index (χ2n) is 3.81. The van der Waals surface area contributed by atoms with Crippen LogP contribution in [0.3, 0.4) is 0 Å². The van der Waals surface area contributed by atoms with E-state index in [1.54, 1.807) is 32.3 Å². The number of halogens is 1. The second kappa shape index (κ2) is 6.29. The Bertz CT molecular complexity index is 574. The van der Waals surface area contributed by atoms with E-state index in [2.05, 4.69) is 26.1 Å². The molecule has 1 aromatic carbocycles. The number of aromatic nitrogens is 3. The Morgan fingerprint density at radius 2 is 2.00 bits per heavy atom. The van der Waals surface area contributed by atoms with Crippen molar-refractivity contribution in [2.24, 2.45) is 7.05 Å². The molecule has 0 spiro atoms. The Labute approximate surface area is 124 Å². The average molecular weight is 344 g/mol. The fourth-order valence-corrected chi connectivity index (χ4v) is 2.93. The molecule has 1 heterocycles. The van der Waals surface area contributed by atoms with Crippen molar-refractivity contribution in [3.63, 3.8) is 0 Å². The standard InChI is InChI=1S/C12H14BrN3O2S/c1-16-7-14-15-12(16)19-6-8-4-11(18-3)9(13)5-10(8)17-2/h4-5,7H,6H2,1-3H3. The quantitative estimate of drug-likeness (QED) is 0.781. The topological polar surface area (TPSA) is 49.2 Å². The molecule has 0 saturated heterocycles. The van der Waals surface area contributed by atoms with E-state index >= 15 is 0 Å². The minimum absolute atomic E-state index is 0.735. The molecule has 0 aliphatic carbocycles. The van der Waals surface area contributed by atoms with Gasteiger partial charge in [-0.05, 0) is 28.1 Å². The summed E-state index contributed by atoms with van der Waals surface area (Å²) < 4.78 is 13.4. The zero-order chi connectivity index (χ0) is 13.8. The van der Waals surface area contributed by atoms with Crippen LogP contribution in [0.4, 0.5) is 0 Å². The molecule has 2 rings (SSSR count). The normalized spacial score (nSPS) is 10.5. The maximum absolute atomic E-state index is 5.38. The number of benzene rings is 1. The summed E-state index contributed by atoms with van der Waals surface area (Å²) in [7, 11) is 5.22. The molecule has 5 nitrogen and oxygen atoms in total. The van der Waals surface area contributed by atoms with E-state index in [0.717, 1.165) is 32.4 Å². The molecule has 0 unspecified atom stereocenters. The number of rotatable bonds is 5. The third-order valence-corrected chi connectivity index (χ3v) is 4.28. The molecular formula is C12H14BrN3O2S. The van der Waals surface area contributed by atoms with E-state index in [1.165, 1.54) is 0 Å². The van der Waals surface area contributed by atoms with Crippen LogP contribution >= 0.6 is 27.7 Å². The molecule has 1 aromatic heterocycles. The lowest BCUT2D eigenvalue weighted by molar-refractivity contribution is 0.398. The van der Waals surface area contributed by atoms with Gasteiger partial charge in [0.2, 0.25) is 0 Å². The first-order chi connectivity index (χ1) is 9.15. The molecule has 0 N–H and O–H groups in total. The van der Waals surface area contributed by atoms with E-state index < -0.39 is 0 Å². The Kier molecular flexibility index (Phi) is 4.71. The van der Waals surface area contributed by atoms with Gasteiger partial charge in [0.15, 0.2) is 5.16 Å². The second-order valence-corrected chi connectivity index (χ2v) is 5.61. The van der Waals surface area contributed by atoms with Crippen LogP contribution in [0, 0.1) is 0 Å². The first-order valence-electron chi connectivity index (χ1n) is 5.53. The number of methoxy groups -OCH3 is 2. The van der Waals surface area contributed by atoms with Gasteiger partial charge in [-0.15, -0.1) is 10.2 Å². The number of aryl methyl sites for hydroxylation is 1. The van der Waals surface area contributed by atoms with Crippen LogP contribution in [-0.4, -0.2) is 29.0 Å². The van der Waals surface area contributed by atoms with Crippen LogP contribution in [-0.2, 0) is 12.8 Å². The molecule has 7 heteroatoms. The molecule has 0 amide bonds. The zero-order valence-electron chi connectivity index (χ0n) is 10.9. The molecular weight excluding hydrogens is 330 g/mol. The maximum atomic E-state index is 5.38. The molecule has 0 aliphatic heterocycles. The highest BCUT2D eigenvalue weighted by atomic mass is 79.9. The van der Waals surface area contributed by atoms with Gasteiger partial charge in [-0.1, -0.05) is 11.8 Å².